The van der Waals surface area contributed by atoms with Gasteiger partial charge in [0.15, 0.2) is 11.5 Å². The minimum atomic E-state index is -0.215. The van der Waals surface area contributed by atoms with Crippen molar-refractivity contribution in [3.63, 3.8) is 0 Å². The second-order valence-electron chi connectivity index (χ2n) is 6.60. The van der Waals surface area contributed by atoms with Gasteiger partial charge in [0.1, 0.15) is 0 Å². The molecule has 2 amide bonds. The molecule has 2 aliphatic rings. The van der Waals surface area contributed by atoms with Crippen LogP contribution in [0.4, 0.5) is 5.69 Å². The van der Waals surface area contributed by atoms with Gasteiger partial charge in [-0.2, -0.15) is 0 Å². The predicted octanol–water partition coefficient (Wildman–Crippen LogP) is 3.53. The summed E-state index contributed by atoms with van der Waals surface area (Å²) in [7, 11) is 0. The quantitative estimate of drug-likeness (QED) is 0.782. The Morgan fingerprint density at radius 2 is 2.04 bits per heavy atom. The lowest BCUT2D eigenvalue weighted by Gasteiger charge is -2.15. The lowest BCUT2D eigenvalue weighted by Crippen LogP contribution is -2.23. The molecule has 2 aliphatic heterocycles. The van der Waals surface area contributed by atoms with E-state index in [1.807, 2.05) is 24.3 Å². The van der Waals surface area contributed by atoms with E-state index < -0.39 is 0 Å². The lowest BCUT2D eigenvalue weighted by atomic mass is 10.1. The Labute approximate surface area is 167 Å². The minimum absolute atomic E-state index is 0.146. The summed E-state index contributed by atoms with van der Waals surface area (Å²) in [5.74, 6) is 1.05. The Hall–Kier alpha value is -2.99. The number of anilines is 1. The van der Waals surface area contributed by atoms with Crippen LogP contribution in [0.15, 0.2) is 42.5 Å². The monoisotopic (exact) mass is 398 g/mol. The maximum absolute atomic E-state index is 12.1. The summed E-state index contributed by atoms with van der Waals surface area (Å²) in [6.07, 6.45) is 4.63. The molecular weight excluding hydrogens is 380 g/mol. The van der Waals surface area contributed by atoms with E-state index >= 15 is 0 Å². The van der Waals surface area contributed by atoms with Gasteiger partial charge in [0.05, 0.1) is 5.02 Å². The maximum atomic E-state index is 12.1. The number of carbonyl (C=O) groups is 2. The zero-order valence-corrected chi connectivity index (χ0v) is 15.9. The molecule has 0 spiro atoms. The van der Waals surface area contributed by atoms with E-state index in [0.717, 1.165) is 29.8 Å². The van der Waals surface area contributed by atoms with Crippen LogP contribution in [0.1, 0.15) is 24.0 Å². The molecule has 0 unspecified atom stereocenters. The van der Waals surface area contributed by atoms with E-state index in [-0.39, 0.29) is 18.6 Å². The van der Waals surface area contributed by atoms with Crippen molar-refractivity contribution >= 4 is 35.2 Å². The molecule has 2 aromatic rings. The van der Waals surface area contributed by atoms with Gasteiger partial charge in [-0.05, 0) is 47.9 Å². The van der Waals surface area contributed by atoms with E-state index in [0.29, 0.717) is 29.5 Å². The number of benzene rings is 2. The standard InChI is InChI=1S/C21H19ClN2O4/c22-17-10-15(11-18-21(17)28-13-27-18)5-8-19(25)23-12-14-3-6-16(7-4-14)24-9-1-2-20(24)26/h3-8,10-11H,1-2,9,12-13H2,(H,23,25)/b8-5+. The highest BCUT2D eigenvalue weighted by Crippen LogP contribution is 2.40. The minimum Gasteiger partial charge on any atom is -0.454 e. The summed E-state index contributed by atoms with van der Waals surface area (Å²) in [4.78, 5) is 25.7. The van der Waals surface area contributed by atoms with Gasteiger partial charge in [-0.25, -0.2) is 0 Å². The van der Waals surface area contributed by atoms with Crippen molar-refractivity contribution in [2.24, 2.45) is 0 Å². The predicted molar refractivity (Wildman–Crippen MR) is 106 cm³/mol. The molecule has 28 heavy (non-hydrogen) atoms. The van der Waals surface area contributed by atoms with Gasteiger partial charge in [0.25, 0.3) is 0 Å². The number of nitrogens with zero attached hydrogens (tertiary/aromatic N) is 1. The molecule has 0 aliphatic carbocycles. The molecule has 2 aromatic carbocycles. The number of ether oxygens (including phenoxy) is 2. The third-order valence-electron chi connectivity index (χ3n) is 4.66. The third kappa shape index (κ3) is 3.97. The van der Waals surface area contributed by atoms with Crippen LogP contribution in [0.2, 0.25) is 5.02 Å². The Bertz CT molecular complexity index is 940. The normalized spacial score (nSPS) is 15.5. The second kappa shape index (κ2) is 7.94. The largest absolute Gasteiger partial charge is 0.454 e. The van der Waals surface area contributed by atoms with E-state index in [1.165, 1.54) is 6.08 Å². The van der Waals surface area contributed by atoms with Gasteiger partial charge in [0.2, 0.25) is 18.6 Å². The summed E-state index contributed by atoms with van der Waals surface area (Å²) < 4.78 is 10.6. The molecule has 6 nitrogen and oxygen atoms in total. The molecule has 144 valence electrons. The van der Waals surface area contributed by atoms with Crippen molar-refractivity contribution in [2.45, 2.75) is 19.4 Å². The highest BCUT2D eigenvalue weighted by Gasteiger charge is 2.21. The molecule has 2 heterocycles. The molecule has 0 atom stereocenters. The third-order valence-corrected chi connectivity index (χ3v) is 4.95. The summed E-state index contributed by atoms with van der Waals surface area (Å²) in [6.45, 7) is 1.32. The highest BCUT2D eigenvalue weighted by atomic mass is 35.5. The number of halogens is 1. The van der Waals surface area contributed by atoms with E-state index in [1.54, 1.807) is 23.1 Å². The van der Waals surface area contributed by atoms with Gasteiger partial charge in [-0.3, -0.25) is 9.59 Å². The molecule has 0 aromatic heterocycles. The molecule has 1 saturated heterocycles. The first kappa shape index (κ1) is 18.4. The SMILES string of the molecule is O=C(/C=C/c1cc(Cl)c2c(c1)OCO2)NCc1ccc(N2CCCC2=O)cc1. The Morgan fingerprint density at radius 1 is 1.21 bits per heavy atom. The van der Waals surface area contributed by atoms with Crippen LogP contribution in [0, 0.1) is 0 Å². The average Bonchev–Trinajstić information content (AvgIpc) is 3.34. The van der Waals surface area contributed by atoms with E-state index in [4.69, 9.17) is 21.1 Å². The number of rotatable bonds is 5. The topological polar surface area (TPSA) is 67.9 Å². The summed E-state index contributed by atoms with van der Waals surface area (Å²) >= 11 is 6.14. The lowest BCUT2D eigenvalue weighted by molar-refractivity contribution is -0.117. The van der Waals surface area contributed by atoms with Crippen molar-refractivity contribution in [1.82, 2.24) is 5.32 Å². The van der Waals surface area contributed by atoms with Crippen LogP contribution in [0.25, 0.3) is 6.08 Å². The molecule has 7 heteroatoms. The van der Waals surface area contributed by atoms with E-state index in [9.17, 15) is 9.59 Å². The summed E-state index contributed by atoms with van der Waals surface area (Å²) in [6, 6.07) is 11.2. The van der Waals surface area contributed by atoms with Crippen LogP contribution >= 0.6 is 11.6 Å². The van der Waals surface area contributed by atoms with Crippen LogP contribution in [0.5, 0.6) is 11.5 Å². The summed E-state index contributed by atoms with van der Waals surface area (Å²) in [5.41, 5.74) is 2.62. The number of nitrogens with one attached hydrogen (secondary N) is 1. The van der Waals surface area contributed by atoms with Crippen LogP contribution < -0.4 is 19.7 Å². The number of amides is 2. The van der Waals surface area contributed by atoms with Crippen molar-refractivity contribution < 1.29 is 19.1 Å². The highest BCUT2D eigenvalue weighted by molar-refractivity contribution is 6.32. The molecule has 0 saturated carbocycles. The first-order chi connectivity index (χ1) is 13.6. The second-order valence-corrected chi connectivity index (χ2v) is 7.01. The fourth-order valence-corrected chi connectivity index (χ4v) is 3.49. The van der Waals surface area contributed by atoms with Gasteiger partial charge in [0, 0.05) is 31.3 Å². The molecule has 0 radical (unpaired) electrons. The molecule has 0 bridgehead atoms. The number of carbonyl (C=O) groups excluding carboxylic acids is 2. The van der Waals surface area contributed by atoms with Gasteiger partial charge < -0.3 is 19.7 Å². The van der Waals surface area contributed by atoms with Gasteiger partial charge in [-0.15, -0.1) is 0 Å². The van der Waals surface area contributed by atoms with Crippen LogP contribution in [-0.2, 0) is 16.1 Å². The van der Waals surface area contributed by atoms with Crippen LogP contribution in [0.3, 0.4) is 0 Å². The molecular formula is C21H19ClN2O4. The summed E-state index contributed by atoms with van der Waals surface area (Å²) in [5, 5.41) is 3.29. The van der Waals surface area contributed by atoms with Crippen LogP contribution in [-0.4, -0.2) is 25.2 Å². The zero-order chi connectivity index (χ0) is 19.5. The van der Waals surface area contributed by atoms with Crippen molar-refractivity contribution in [1.29, 1.82) is 0 Å². The first-order valence-corrected chi connectivity index (χ1v) is 9.42. The molecule has 1 fully saturated rings. The van der Waals surface area contributed by atoms with Crippen molar-refractivity contribution in [3.05, 3.63) is 58.6 Å². The van der Waals surface area contributed by atoms with Gasteiger partial charge in [-0.1, -0.05) is 23.7 Å². The fourth-order valence-electron chi connectivity index (χ4n) is 3.22. The number of hydrogen-bond acceptors (Lipinski definition) is 4. The number of fused-ring (bicyclic) bond motifs is 1. The Morgan fingerprint density at radius 3 is 2.79 bits per heavy atom. The smallest absolute Gasteiger partial charge is 0.244 e. The maximum Gasteiger partial charge on any atom is 0.244 e. The van der Waals surface area contributed by atoms with E-state index in [2.05, 4.69) is 5.32 Å². The molecule has 1 N–H and O–H groups in total. The average molecular weight is 399 g/mol. The zero-order valence-electron chi connectivity index (χ0n) is 15.1. The number of hydrogen-bond donors (Lipinski definition) is 1. The Balaban J connectivity index is 1.32. The van der Waals surface area contributed by atoms with Gasteiger partial charge >= 0.3 is 0 Å². The molecule has 4 rings (SSSR count). The van der Waals surface area contributed by atoms with Crippen molar-refractivity contribution in [3.8, 4) is 11.5 Å². The Kier molecular flexibility index (Phi) is 5.21. The first-order valence-electron chi connectivity index (χ1n) is 9.04. The fraction of sp³-hybridized carbons (Fsp3) is 0.238. The van der Waals surface area contributed by atoms with Crippen molar-refractivity contribution in [2.75, 3.05) is 18.2 Å².